The number of hydrogen-bond donors (Lipinski definition) is 2. The second kappa shape index (κ2) is 6.30. The van der Waals surface area contributed by atoms with E-state index in [9.17, 15) is 4.79 Å². The van der Waals surface area contributed by atoms with Crippen molar-refractivity contribution < 1.29 is 9.53 Å². The second-order valence-corrected chi connectivity index (χ2v) is 5.62. The zero-order chi connectivity index (χ0) is 16.4. The Morgan fingerprint density at radius 3 is 2.83 bits per heavy atom. The molecule has 6 heteroatoms. The first kappa shape index (κ1) is 15.4. The van der Waals surface area contributed by atoms with E-state index in [2.05, 4.69) is 15.3 Å². The molecule has 0 saturated heterocycles. The van der Waals surface area contributed by atoms with E-state index in [-0.39, 0.29) is 11.9 Å². The van der Waals surface area contributed by atoms with E-state index in [0.717, 1.165) is 11.0 Å². The molecule has 0 aliphatic rings. The number of aromatic amines is 1. The molecule has 0 fully saturated rings. The van der Waals surface area contributed by atoms with Crippen molar-refractivity contribution in [1.82, 2.24) is 15.3 Å². The number of H-pyrrole nitrogens is 1. The molecule has 23 heavy (non-hydrogen) atoms. The average Bonchev–Trinajstić information content (AvgIpc) is 2.99. The second-order valence-electron chi connectivity index (χ2n) is 5.18. The summed E-state index contributed by atoms with van der Waals surface area (Å²) in [6.07, 6.45) is 0. The van der Waals surface area contributed by atoms with Gasteiger partial charge in [0.1, 0.15) is 11.6 Å². The third-order valence-corrected chi connectivity index (χ3v) is 3.81. The van der Waals surface area contributed by atoms with Gasteiger partial charge >= 0.3 is 0 Å². The number of fused-ring (bicyclic) bond motifs is 1. The maximum Gasteiger partial charge on any atom is 0.255 e. The summed E-state index contributed by atoms with van der Waals surface area (Å²) in [5, 5.41) is 3.38. The fourth-order valence-corrected chi connectivity index (χ4v) is 2.55. The van der Waals surface area contributed by atoms with Crippen molar-refractivity contribution in [2.45, 2.75) is 13.0 Å². The number of rotatable bonds is 4. The van der Waals surface area contributed by atoms with Gasteiger partial charge in [-0.2, -0.15) is 0 Å². The lowest BCUT2D eigenvalue weighted by Crippen LogP contribution is -2.27. The van der Waals surface area contributed by atoms with Crippen molar-refractivity contribution in [2.24, 2.45) is 0 Å². The van der Waals surface area contributed by atoms with E-state index in [4.69, 9.17) is 16.3 Å². The Bertz CT molecular complexity index is 827. The Kier molecular flexibility index (Phi) is 4.21. The van der Waals surface area contributed by atoms with E-state index >= 15 is 0 Å². The van der Waals surface area contributed by atoms with E-state index in [1.807, 2.05) is 31.2 Å². The van der Waals surface area contributed by atoms with E-state index < -0.39 is 0 Å². The quantitative estimate of drug-likeness (QED) is 0.766. The van der Waals surface area contributed by atoms with Crippen LogP contribution in [0.2, 0.25) is 5.02 Å². The Balaban J connectivity index is 1.83. The first-order valence-electron chi connectivity index (χ1n) is 7.17. The number of imidazole rings is 1. The number of nitrogens with zero attached hydrogens (tertiary/aromatic N) is 1. The molecule has 3 aromatic rings. The summed E-state index contributed by atoms with van der Waals surface area (Å²) in [6, 6.07) is 12.4. The fourth-order valence-electron chi connectivity index (χ4n) is 2.38. The van der Waals surface area contributed by atoms with Crippen LogP contribution in [0.4, 0.5) is 0 Å². The van der Waals surface area contributed by atoms with Crippen LogP contribution in [0.5, 0.6) is 5.75 Å². The van der Waals surface area contributed by atoms with Gasteiger partial charge in [-0.1, -0.05) is 23.7 Å². The minimum absolute atomic E-state index is 0.266. The van der Waals surface area contributed by atoms with Gasteiger partial charge in [0, 0.05) is 5.02 Å². The van der Waals surface area contributed by atoms with Gasteiger partial charge in [-0.3, -0.25) is 4.79 Å². The third-order valence-electron chi connectivity index (χ3n) is 3.57. The summed E-state index contributed by atoms with van der Waals surface area (Å²) in [7, 11) is 1.52. The molecule has 0 radical (unpaired) electrons. The van der Waals surface area contributed by atoms with Crippen LogP contribution in [0.3, 0.4) is 0 Å². The molecule has 2 aromatic carbocycles. The molecule has 5 nitrogen and oxygen atoms in total. The number of nitrogens with one attached hydrogen (secondary N) is 2. The lowest BCUT2D eigenvalue weighted by atomic mass is 10.1. The average molecular weight is 330 g/mol. The van der Waals surface area contributed by atoms with Crippen molar-refractivity contribution in [2.75, 3.05) is 7.11 Å². The van der Waals surface area contributed by atoms with Crippen LogP contribution in [0.25, 0.3) is 11.0 Å². The molecule has 0 unspecified atom stereocenters. The largest absolute Gasteiger partial charge is 0.496 e. The van der Waals surface area contributed by atoms with Crippen LogP contribution in [-0.4, -0.2) is 23.0 Å². The highest BCUT2D eigenvalue weighted by atomic mass is 35.5. The molecular formula is C17H16ClN3O2. The number of carbonyl (C=O) groups excluding carboxylic acids is 1. The summed E-state index contributed by atoms with van der Waals surface area (Å²) in [5.74, 6) is 0.904. The monoisotopic (exact) mass is 329 g/mol. The first-order chi connectivity index (χ1) is 11.1. The predicted molar refractivity (Wildman–Crippen MR) is 90.0 cm³/mol. The Morgan fingerprint density at radius 2 is 2.09 bits per heavy atom. The summed E-state index contributed by atoms with van der Waals surface area (Å²) >= 11 is 5.97. The molecule has 0 aliphatic carbocycles. The van der Waals surface area contributed by atoms with Crippen LogP contribution in [0, 0.1) is 0 Å². The first-order valence-corrected chi connectivity index (χ1v) is 7.55. The highest BCUT2D eigenvalue weighted by Gasteiger charge is 2.18. The lowest BCUT2D eigenvalue weighted by molar-refractivity contribution is 0.0935. The van der Waals surface area contributed by atoms with Gasteiger partial charge < -0.3 is 15.0 Å². The van der Waals surface area contributed by atoms with Crippen molar-refractivity contribution in [3.05, 3.63) is 58.9 Å². The van der Waals surface area contributed by atoms with Gasteiger partial charge in [0.05, 0.1) is 29.7 Å². The van der Waals surface area contributed by atoms with Gasteiger partial charge in [0.25, 0.3) is 5.91 Å². The molecular weight excluding hydrogens is 314 g/mol. The van der Waals surface area contributed by atoms with Crippen molar-refractivity contribution in [3.63, 3.8) is 0 Å². The molecule has 1 heterocycles. The van der Waals surface area contributed by atoms with Crippen LogP contribution in [0.1, 0.15) is 29.1 Å². The molecule has 1 aromatic heterocycles. The number of halogens is 1. The zero-order valence-electron chi connectivity index (χ0n) is 12.8. The number of amides is 1. The van der Waals surface area contributed by atoms with Crippen LogP contribution in [-0.2, 0) is 0 Å². The highest BCUT2D eigenvalue weighted by molar-refractivity contribution is 6.31. The molecule has 0 aliphatic heterocycles. The number of para-hydroxylation sites is 2. The number of hydrogen-bond acceptors (Lipinski definition) is 3. The van der Waals surface area contributed by atoms with E-state index in [1.54, 1.807) is 18.2 Å². The number of methoxy groups -OCH3 is 1. The lowest BCUT2D eigenvalue weighted by Gasteiger charge is -2.13. The molecule has 3 rings (SSSR count). The zero-order valence-corrected chi connectivity index (χ0v) is 13.5. The third kappa shape index (κ3) is 3.14. The molecule has 0 saturated carbocycles. The van der Waals surface area contributed by atoms with Crippen molar-refractivity contribution in [1.29, 1.82) is 0 Å². The topological polar surface area (TPSA) is 67.0 Å². The summed E-state index contributed by atoms with van der Waals surface area (Å²) in [4.78, 5) is 20.2. The summed E-state index contributed by atoms with van der Waals surface area (Å²) in [6.45, 7) is 1.87. The van der Waals surface area contributed by atoms with Gasteiger partial charge in [-0.05, 0) is 37.3 Å². The molecule has 118 valence electrons. The molecule has 1 amide bonds. The summed E-state index contributed by atoms with van der Waals surface area (Å²) < 4.78 is 5.21. The Morgan fingerprint density at radius 1 is 1.30 bits per heavy atom. The van der Waals surface area contributed by atoms with Crippen LogP contribution >= 0.6 is 11.6 Å². The fraction of sp³-hybridized carbons (Fsp3) is 0.176. The Hall–Kier alpha value is -2.53. The molecule has 1 atom stereocenters. The van der Waals surface area contributed by atoms with E-state index in [0.29, 0.717) is 22.2 Å². The predicted octanol–water partition coefficient (Wildman–Crippen LogP) is 3.72. The van der Waals surface area contributed by atoms with Gasteiger partial charge in [0.15, 0.2) is 0 Å². The number of aromatic nitrogens is 2. The smallest absolute Gasteiger partial charge is 0.255 e. The van der Waals surface area contributed by atoms with Gasteiger partial charge in [-0.25, -0.2) is 4.98 Å². The highest BCUT2D eigenvalue weighted by Crippen LogP contribution is 2.23. The van der Waals surface area contributed by atoms with Crippen LogP contribution < -0.4 is 10.1 Å². The molecule has 0 bridgehead atoms. The SMILES string of the molecule is COc1ccc(Cl)cc1C(=O)N[C@H](C)c1nc2ccccc2[nH]1. The molecule has 2 N–H and O–H groups in total. The minimum atomic E-state index is -0.279. The Labute approximate surface area is 138 Å². The maximum atomic E-state index is 12.5. The van der Waals surface area contributed by atoms with Crippen molar-refractivity contribution in [3.8, 4) is 5.75 Å². The summed E-state index contributed by atoms with van der Waals surface area (Å²) in [5.41, 5.74) is 2.19. The van der Waals surface area contributed by atoms with Crippen molar-refractivity contribution >= 4 is 28.5 Å². The minimum Gasteiger partial charge on any atom is -0.496 e. The number of benzene rings is 2. The van der Waals surface area contributed by atoms with E-state index in [1.165, 1.54) is 7.11 Å². The van der Waals surface area contributed by atoms with Gasteiger partial charge in [0.2, 0.25) is 0 Å². The number of ether oxygens (including phenoxy) is 1. The van der Waals surface area contributed by atoms with Crippen LogP contribution in [0.15, 0.2) is 42.5 Å². The molecule has 0 spiro atoms. The normalized spacial score (nSPS) is 12.1. The maximum absolute atomic E-state index is 12.5. The van der Waals surface area contributed by atoms with Gasteiger partial charge in [-0.15, -0.1) is 0 Å². The number of carbonyl (C=O) groups is 1. The standard InChI is InChI=1S/C17H16ClN3O2/c1-10(16-20-13-5-3-4-6-14(13)21-16)19-17(22)12-9-11(18)7-8-15(12)23-2/h3-10H,1-2H3,(H,19,22)(H,20,21)/t10-/m1/s1.